The Morgan fingerprint density at radius 2 is 1.25 bits per heavy atom. The van der Waals surface area contributed by atoms with Crippen LogP contribution in [0.2, 0.25) is 0 Å². The predicted molar refractivity (Wildman–Crippen MR) is 184 cm³/mol. The first kappa shape index (κ1) is 38.8. The van der Waals surface area contributed by atoms with Gasteiger partial charge in [-0.1, -0.05) is 65.3 Å². The minimum atomic E-state index is 0. The second-order valence-corrected chi connectivity index (χ2v) is 15.8. The van der Waals surface area contributed by atoms with Crippen molar-refractivity contribution >= 4 is 35.1 Å². The summed E-state index contributed by atoms with van der Waals surface area (Å²) in [5.41, 5.74) is 11.3. The first-order valence-corrected chi connectivity index (χ1v) is 17.2. The minimum Gasteiger partial charge on any atom is -1.00 e. The van der Waals surface area contributed by atoms with Crippen molar-refractivity contribution in [3.63, 3.8) is 0 Å². The Bertz CT molecular complexity index is 1490. The summed E-state index contributed by atoms with van der Waals surface area (Å²) in [4.78, 5) is 0. The van der Waals surface area contributed by atoms with E-state index in [4.69, 9.17) is 0 Å². The molecule has 4 aromatic rings. The smallest absolute Gasteiger partial charge is 0.0132 e. The Morgan fingerprint density at radius 3 is 1.68 bits per heavy atom. The summed E-state index contributed by atoms with van der Waals surface area (Å²) in [6.45, 7) is 13.6. The van der Waals surface area contributed by atoms with E-state index in [1.807, 2.05) is 12.2 Å². The number of halogens is 4. The van der Waals surface area contributed by atoms with Crippen LogP contribution in [0.3, 0.4) is 0 Å². The topological polar surface area (TPSA) is 0 Å². The molecule has 0 bridgehead atoms. The third kappa shape index (κ3) is 10.6. The van der Waals surface area contributed by atoms with Crippen molar-refractivity contribution in [2.75, 3.05) is 0 Å². The molecule has 0 atom stereocenters. The van der Waals surface area contributed by atoms with Crippen LogP contribution in [-0.2, 0) is 41.5 Å². The van der Waals surface area contributed by atoms with E-state index in [2.05, 4.69) is 170 Å². The van der Waals surface area contributed by atoms with Gasteiger partial charge in [0.2, 0.25) is 0 Å². The predicted octanol–water partition coefficient (Wildman–Crippen LogP) is 5.29. The second-order valence-electron chi connectivity index (χ2n) is 12.7. The third-order valence-electron chi connectivity index (χ3n) is 7.32. The number of hydrogen-bond acceptors (Lipinski definition) is 0. The van der Waals surface area contributed by atoms with Gasteiger partial charge >= 0.3 is 128 Å². The van der Waals surface area contributed by atoms with Gasteiger partial charge in [0.15, 0.2) is 0 Å². The SMILES string of the molecule is Brc1ccc([C](=[Zr+2])c2ccc(Br)cc2)cc1.CC(C)(C)c1[c-]c2c(cc1)-c1ccc(C(C)(C)C)cc1C2.[C-]1=CC=CC1.[Cl-].[Cl-]. The fraction of sp³-hybridized carbons (Fsp3) is 0.256. The summed E-state index contributed by atoms with van der Waals surface area (Å²) < 4.78 is 3.62. The van der Waals surface area contributed by atoms with E-state index in [1.54, 1.807) is 0 Å². The molecule has 0 heterocycles. The number of allylic oxidation sites excluding steroid dienone is 4. The molecule has 44 heavy (non-hydrogen) atoms. The van der Waals surface area contributed by atoms with Crippen molar-refractivity contribution in [2.45, 2.75) is 65.2 Å². The van der Waals surface area contributed by atoms with Crippen molar-refractivity contribution in [1.29, 1.82) is 0 Å². The van der Waals surface area contributed by atoms with Gasteiger partial charge in [-0.25, -0.2) is 12.2 Å². The van der Waals surface area contributed by atoms with Crippen molar-refractivity contribution in [2.24, 2.45) is 0 Å². The van der Waals surface area contributed by atoms with Gasteiger partial charge in [0.05, 0.1) is 0 Å². The van der Waals surface area contributed by atoms with Gasteiger partial charge in [0, 0.05) is 0 Å². The molecule has 2 aliphatic rings. The summed E-state index contributed by atoms with van der Waals surface area (Å²) in [5, 5.41) is 0. The molecule has 0 amide bonds. The van der Waals surface area contributed by atoms with Gasteiger partial charge < -0.3 is 24.8 Å². The van der Waals surface area contributed by atoms with Gasteiger partial charge in [0.1, 0.15) is 0 Å². The number of hydrogen-bond donors (Lipinski definition) is 0. The summed E-state index contributed by atoms with van der Waals surface area (Å²) in [6, 6.07) is 32.1. The summed E-state index contributed by atoms with van der Waals surface area (Å²) in [6.07, 6.45) is 11.0. The maximum absolute atomic E-state index is 3.67. The van der Waals surface area contributed by atoms with E-state index in [-0.39, 0.29) is 35.6 Å². The van der Waals surface area contributed by atoms with E-state index >= 15 is 0 Å². The molecule has 6 rings (SSSR count). The third-order valence-corrected chi connectivity index (χ3v) is 9.79. The second kappa shape index (κ2) is 17.0. The summed E-state index contributed by atoms with van der Waals surface area (Å²) >= 11 is 8.34. The monoisotopic (exact) mass is 824 g/mol. The average Bonchev–Trinajstić information content (AvgIpc) is 3.64. The van der Waals surface area contributed by atoms with Gasteiger partial charge in [0.25, 0.3) is 0 Å². The first-order valence-electron chi connectivity index (χ1n) is 14.3. The zero-order valence-electron chi connectivity index (χ0n) is 26.2. The average molecular weight is 829 g/mol. The molecule has 0 unspecified atom stereocenters. The van der Waals surface area contributed by atoms with E-state index in [1.165, 1.54) is 71.9 Å². The van der Waals surface area contributed by atoms with Crippen LogP contribution in [-0.4, -0.2) is 3.21 Å². The number of fused-ring (bicyclic) bond motifs is 3. The van der Waals surface area contributed by atoms with Crippen LogP contribution < -0.4 is 24.8 Å². The molecule has 0 spiro atoms. The molecule has 0 radical (unpaired) electrons. The molecule has 4 aromatic carbocycles. The number of benzene rings is 4. The van der Waals surface area contributed by atoms with Gasteiger partial charge in [-0.3, -0.25) is 6.08 Å². The zero-order chi connectivity index (χ0) is 30.5. The van der Waals surface area contributed by atoms with Crippen LogP contribution >= 0.6 is 31.9 Å². The van der Waals surface area contributed by atoms with E-state index in [0.717, 1.165) is 21.8 Å². The Morgan fingerprint density at radius 1 is 0.705 bits per heavy atom. The standard InChI is InChI=1S/C21H25.C13H8Br2.C5H5.2ClH.Zr/c1-20(2,3)16-7-9-18-14(12-16)11-15-13-17(21(4,5)6)8-10-19(15)18;14-12-5-1-10(2-6-12)9-11-3-7-13(15)8-4-11;1-2-4-5-3-1;;;/h7-10,12H,11H2,1-6H3;1-8H;1-3H,4H2;2*1H;/q-1;;-1;;;+2/p-2. The molecule has 5 heteroatoms. The van der Waals surface area contributed by atoms with Crippen LogP contribution in [0.1, 0.15) is 81.3 Å². The molecule has 0 saturated carbocycles. The molecule has 0 aromatic heterocycles. The first-order chi connectivity index (χ1) is 19.8. The van der Waals surface area contributed by atoms with Crippen molar-refractivity contribution in [3.05, 3.63) is 152 Å². The Balaban J connectivity index is 0.000000260. The van der Waals surface area contributed by atoms with Crippen molar-refractivity contribution < 1.29 is 49.0 Å². The Kier molecular flexibility index (Phi) is 15.0. The molecule has 0 saturated heterocycles. The molecular formula is C39H38Br2Cl2Zr-2. The fourth-order valence-electron chi connectivity index (χ4n) is 4.77. The molecule has 228 valence electrons. The van der Waals surface area contributed by atoms with E-state index in [9.17, 15) is 0 Å². The van der Waals surface area contributed by atoms with Crippen molar-refractivity contribution in [3.8, 4) is 11.1 Å². The minimum absolute atomic E-state index is 0. The normalized spacial score (nSPS) is 12.4. The molecule has 0 fully saturated rings. The Hall–Kier alpha value is -1.35. The molecule has 0 nitrogen and oxygen atoms in total. The largest absolute Gasteiger partial charge is 1.00 e. The van der Waals surface area contributed by atoms with Gasteiger partial charge in [-0.05, 0) is 28.4 Å². The van der Waals surface area contributed by atoms with Gasteiger partial charge in [-0.2, -0.15) is 29.8 Å². The molecule has 0 N–H and O–H groups in total. The summed E-state index contributed by atoms with van der Waals surface area (Å²) in [5.74, 6) is 0. The van der Waals surface area contributed by atoms with E-state index < -0.39 is 0 Å². The zero-order valence-corrected chi connectivity index (χ0v) is 33.3. The quantitative estimate of drug-likeness (QED) is 0.213. The molecular weight excluding hydrogens is 790 g/mol. The van der Waals surface area contributed by atoms with E-state index in [0.29, 0.717) is 0 Å². The van der Waals surface area contributed by atoms with Crippen LogP contribution in [0, 0.1) is 12.1 Å². The summed E-state index contributed by atoms with van der Waals surface area (Å²) in [7, 11) is 0. The van der Waals surface area contributed by atoms with Crippen LogP contribution in [0.4, 0.5) is 0 Å². The maximum Gasteiger partial charge on any atom is -0.0132 e. The molecule has 2 aliphatic carbocycles. The fourth-order valence-corrected chi connectivity index (χ4v) is 6.12. The van der Waals surface area contributed by atoms with Crippen LogP contribution in [0.5, 0.6) is 0 Å². The van der Waals surface area contributed by atoms with Crippen LogP contribution in [0.25, 0.3) is 11.1 Å². The Labute approximate surface area is 309 Å². The van der Waals surface area contributed by atoms with Crippen molar-refractivity contribution in [1.82, 2.24) is 0 Å². The maximum atomic E-state index is 3.67. The van der Waals surface area contributed by atoms with Crippen LogP contribution in [0.15, 0.2) is 106 Å². The number of rotatable bonds is 2. The van der Waals surface area contributed by atoms with Gasteiger partial charge in [-0.15, -0.1) is 17.5 Å². The molecule has 0 aliphatic heterocycles.